The van der Waals surface area contributed by atoms with Gasteiger partial charge in [-0.3, -0.25) is 9.69 Å². The van der Waals surface area contributed by atoms with Crippen LogP contribution in [0.25, 0.3) is 0 Å². The van der Waals surface area contributed by atoms with Crippen LogP contribution in [0.4, 0.5) is 5.69 Å². The van der Waals surface area contributed by atoms with Crippen LogP contribution in [-0.2, 0) is 9.53 Å². The van der Waals surface area contributed by atoms with Gasteiger partial charge in [-0.2, -0.15) is 0 Å². The largest absolute Gasteiger partial charge is 0.383 e. The van der Waals surface area contributed by atoms with Crippen molar-refractivity contribution < 1.29 is 9.53 Å². The van der Waals surface area contributed by atoms with Crippen molar-refractivity contribution in [3.8, 4) is 0 Å². The molecular formula is C16H24ClN3O2. The van der Waals surface area contributed by atoms with Gasteiger partial charge in [-0.25, -0.2) is 0 Å². The van der Waals surface area contributed by atoms with Gasteiger partial charge in [0.1, 0.15) is 0 Å². The highest BCUT2D eigenvalue weighted by atomic mass is 35.5. The number of hydrogen-bond acceptors (Lipinski definition) is 4. The zero-order valence-corrected chi connectivity index (χ0v) is 14.0. The molecule has 2 rings (SSSR count). The lowest BCUT2D eigenvalue weighted by Crippen LogP contribution is -2.54. The molecule has 1 aromatic carbocycles. The molecule has 6 heteroatoms. The molecule has 5 nitrogen and oxygen atoms in total. The molecule has 1 saturated heterocycles. The van der Waals surface area contributed by atoms with Gasteiger partial charge in [-0.1, -0.05) is 17.7 Å². The summed E-state index contributed by atoms with van der Waals surface area (Å²) in [7, 11) is 1.63. The summed E-state index contributed by atoms with van der Waals surface area (Å²) in [6.07, 6.45) is 0. The SMILES string of the molecule is COCCNC(=O)C(C)N1CCN(c2cccc(Cl)c2)CC1. The lowest BCUT2D eigenvalue weighted by atomic mass is 10.2. The average molecular weight is 326 g/mol. The number of nitrogens with one attached hydrogen (secondary N) is 1. The van der Waals surface area contributed by atoms with Crippen LogP contribution in [0.1, 0.15) is 6.92 Å². The van der Waals surface area contributed by atoms with Crippen molar-refractivity contribution in [3.63, 3.8) is 0 Å². The van der Waals surface area contributed by atoms with Gasteiger partial charge in [0.05, 0.1) is 12.6 Å². The third-order valence-corrected chi connectivity index (χ3v) is 4.26. The van der Waals surface area contributed by atoms with Gasteiger partial charge >= 0.3 is 0 Å². The molecule has 122 valence electrons. The molecule has 1 N–H and O–H groups in total. The zero-order chi connectivity index (χ0) is 15.9. The fraction of sp³-hybridized carbons (Fsp3) is 0.562. The van der Waals surface area contributed by atoms with Crippen LogP contribution in [0.2, 0.25) is 5.02 Å². The minimum Gasteiger partial charge on any atom is -0.383 e. The van der Waals surface area contributed by atoms with Crippen molar-refractivity contribution >= 4 is 23.2 Å². The highest BCUT2D eigenvalue weighted by molar-refractivity contribution is 6.30. The number of benzene rings is 1. The second kappa shape index (κ2) is 8.36. The standard InChI is InChI=1S/C16H24ClN3O2/c1-13(16(21)18-6-11-22-2)19-7-9-20(10-8-19)15-5-3-4-14(17)12-15/h3-5,12-13H,6-11H2,1-2H3,(H,18,21). The molecule has 1 aromatic rings. The lowest BCUT2D eigenvalue weighted by molar-refractivity contribution is -0.126. The minimum absolute atomic E-state index is 0.0632. The number of halogens is 1. The van der Waals surface area contributed by atoms with E-state index in [4.69, 9.17) is 16.3 Å². The van der Waals surface area contributed by atoms with Crippen molar-refractivity contribution in [2.24, 2.45) is 0 Å². The maximum absolute atomic E-state index is 12.1. The number of rotatable bonds is 6. The number of ether oxygens (including phenoxy) is 1. The molecule has 0 bridgehead atoms. The Hall–Kier alpha value is -1.30. The Kier molecular flexibility index (Phi) is 6.49. The number of methoxy groups -OCH3 is 1. The fourth-order valence-corrected chi connectivity index (χ4v) is 2.81. The smallest absolute Gasteiger partial charge is 0.237 e. The minimum atomic E-state index is -0.113. The number of nitrogens with zero attached hydrogens (tertiary/aromatic N) is 2. The molecule has 0 aliphatic carbocycles. The number of piperazine rings is 1. The zero-order valence-electron chi connectivity index (χ0n) is 13.2. The maximum atomic E-state index is 12.1. The molecule has 22 heavy (non-hydrogen) atoms. The third kappa shape index (κ3) is 4.60. The van der Waals surface area contributed by atoms with Crippen LogP contribution in [0.3, 0.4) is 0 Å². The summed E-state index contributed by atoms with van der Waals surface area (Å²) < 4.78 is 4.94. The predicted octanol–water partition coefficient (Wildman–Crippen LogP) is 1.61. The first-order valence-corrected chi connectivity index (χ1v) is 8.01. The lowest BCUT2D eigenvalue weighted by Gasteiger charge is -2.38. The normalized spacial score (nSPS) is 17.3. The monoisotopic (exact) mass is 325 g/mol. The molecule has 0 radical (unpaired) electrons. The van der Waals surface area contributed by atoms with Gasteiger partial charge in [0.25, 0.3) is 0 Å². The van der Waals surface area contributed by atoms with Crippen molar-refractivity contribution in [1.82, 2.24) is 10.2 Å². The summed E-state index contributed by atoms with van der Waals surface area (Å²) in [6, 6.07) is 7.79. The van der Waals surface area contributed by atoms with Crippen LogP contribution >= 0.6 is 11.6 Å². The first kappa shape index (κ1) is 17.1. The van der Waals surface area contributed by atoms with E-state index in [1.807, 2.05) is 25.1 Å². The van der Waals surface area contributed by atoms with Crippen LogP contribution in [0.5, 0.6) is 0 Å². The van der Waals surface area contributed by atoms with Gasteiger partial charge in [0.15, 0.2) is 0 Å². The van der Waals surface area contributed by atoms with E-state index < -0.39 is 0 Å². The van der Waals surface area contributed by atoms with Gasteiger partial charge in [0.2, 0.25) is 5.91 Å². The van der Waals surface area contributed by atoms with Crippen molar-refractivity contribution in [1.29, 1.82) is 0 Å². The number of hydrogen-bond donors (Lipinski definition) is 1. The van der Waals surface area contributed by atoms with E-state index in [1.165, 1.54) is 0 Å². The quantitative estimate of drug-likeness (QED) is 0.807. The first-order valence-electron chi connectivity index (χ1n) is 7.63. The Morgan fingerprint density at radius 2 is 2.09 bits per heavy atom. The number of anilines is 1. The highest BCUT2D eigenvalue weighted by Gasteiger charge is 2.25. The molecule has 0 aromatic heterocycles. The third-order valence-electron chi connectivity index (χ3n) is 4.02. The number of carbonyl (C=O) groups excluding carboxylic acids is 1. The van der Waals surface area contributed by atoms with E-state index >= 15 is 0 Å². The summed E-state index contributed by atoms with van der Waals surface area (Å²) in [5, 5.41) is 3.65. The summed E-state index contributed by atoms with van der Waals surface area (Å²) in [6.45, 7) is 6.59. The fourth-order valence-electron chi connectivity index (χ4n) is 2.63. The van der Waals surface area contributed by atoms with Crippen molar-refractivity contribution in [3.05, 3.63) is 29.3 Å². The van der Waals surface area contributed by atoms with Crippen LogP contribution in [0, 0.1) is 0 Å². The number of carbonyl (C=O) groups is 1. The Morgan fingerprint density at radius 1 is 1.36 bits per heavy atom. The predicted molar refractivity (Wildman–Crippen MR) is 89.6 cm³/mol. The van der Waals surface area contributed by atoms with E-state index in [9.17, 15) is 4.79 Å². The molecule has 1 aliphatic rings. The molecule has 1 fully saturated rings. The van der Waals surface area contributed by atoms with E-state index in [2.05, 4.69) is 21.2 Å². The average Bonchev–Trinajstić information content (AvgIpc) is 2.54. The maximum Gasteiger partial charge on any atom is 0.237 e. The van der Waals surface area contributed by atoms with E-state index in [-0.39, 0.29) is 11.9 Å². The summed E-state index contributed by atoms with van der Waals surface area (Å²) in [5.74, 6) is 0.0632. The summed E-state index contributed by atoms with van der Waals surface area (Å²) >= 11 is 6.04. The van der Waals surface area contributed by atoms with Gasteiger partial charge in [-0.15, -0.1) is 0 Å². The van der Waals surface area contributed by atoms with Crippen molar-refractivity contribution in [2.45, 2.75) is 13.0 Å². The van der Waals surface area contributed by atoms with Crippen LogP contribution in [0.15, 0.2) is 24.3 Å². The van der Waals surface area contributed by atoms with Gasteiger partial charge in [0, 0.05) is 50.5 Å². The first-order chi connectivity index (χ1) is 10.6. The van der Waals surface area contributed by atoms with E-state index in [0.29, 0.717) is 13.2 Å². The highest BCUT2D eigenvalue weighted by Crippen LogP contribution is 2.21. The molecule has 1 amide bonds. The molecule has 0 saturated carbocycles. The second-order valence-electron chi connectivity index (χ2n) is 5.46. The molecular weight excluding hydrogens is 302 g/mol. The Morgan fingerprint density at radius 3 is 2.73 bits per heavy atom. The number of amides is 1. The van der Waals surface area contributed by atoms with Gasteiger partial charge in [-0.05, 0) is 25.1 Å². The van der Waals surface area contributed by atoms with E-state index in [0.717, 1.165) is 36.9 Å². The van der Waals surface area contributed by atoms with Crippen molar-refractivity contribution in [2.75, 3.05) is 51.3 Å². The molecule has 1 heterocycles. The van der Waals surface area contributed by atoms with Crippen LogP contribution in [-0.4, -0.2) is 63.3 Å². The molecule has 0 spiro atoms. The topological polar surface area (TPSA) is 44.8 Å². The second-order valence-corrected chi connectivity index (χ2v) is 5.90. The molecule has 1 atom stereocenters. The molecule has 1 unspecified atom stereocenters. The Bertz CT molecular complexity index is 490. The Labute approximate surface area is 137 Å². The molecule has 1 aliphatic heterocycles. The van der Waals surface area contributed by atoms with Crippen LogP contribution < -0.4 is 10.2 Å². The Balaban J connectivity index is 1.82. The summed E-state index contributed by atoms with van der Waals surface area (Å²) in [5.41, 5.74) is 1.14. The van der Waals surface area contributed by atoms with E-state index in [1.54, 1.807) is 7.11 Å². The van der Waals surface area contributed by atoms with Gasteiger partial charge < -0.3 is 15.0 Å². The summed E-state index contributed by atoms with van der Waals surface area (Å²) in [4.78, 5) is 16.6.